The third-order valence-electron chi connectivity index (χ3n) is 2.87. The molecule has 2 heterocycles. The molecule has 0 bridgehead atoms. The number of hydrogen-bond acceptors (Lipinski definition) is 5. The number of ether oxygens (including phenoxy) is 1. The Hall–Kier alpha value is -1.95. The molecule has 0 atom stereocenters. The number of rotatable bonds is 4. The molecular weight excluding hydrogens is 260 g/mol. The topological polar surface area (TPSA) is 52.3 Å². The Morgan fingerprint density at radius 2 is 2.11 bits per heavy atom. The first-order valence-corrected chi connectivity index (χ1v) is 6.99. The summed E-state index contributed by atoms with van der Waals surface area (Å²) in [4.78, 5) is 0.823. The van der Waals surface area contributed by atoms with Gasteiger partial charge in [0.15, 0.2) is 10.8 Å². The van der Waals surface area contributed by atoms with Gasteiger partial charge in [0.1, 0.15) is 5.75 Å². The third kappa shape index (κ3) is 2.08. The van der Waals surface area contributed by atoms with Gasteiger partial charge in [-0.2, -0.15) is 9.61 Å². The van der Waals surface area contributed by atoms with Gasteiger partial charge in [-0.25, -0.2) is 0 Å². The lowest BCUT2D eigenvalue weighted by Crippen LogP contribution is -1.95. The highest BCUT2D eigenvalue weighted by Crippen LogP contribution is 2.32. The normalized spacial score (nSPS) is 11.1. The predicted octanol–water partition coefficient (Wildman–Crippen LogP) is 2.81. The van der Waals surface area contributed by atoms with Crippen LogP contribution in [0.1, 0.15) is 19.2 Å². The van der Waals surface area contributed by atoms with Crippen molar-refractivity contribution in [3.63, 3.8) is 0 Å². The van der Waals surface area contributed by atoms with Crippen LogP contribution in [0.25, 0.3) is 15.5 Å². The fraction of sp³-hybridized carbons (Fsp3) is 0.308. The van der Waals surface area contributed by atoms with Gasteiger partial charge in [0.05, 0.1) is 12.7 Å². The average molecular weight is 274 g/mol. The molecular formula is C13H14N4OS. The molecule has 3 rings (SSSR count). The molecule has 0 unspecified atom stereocenters. The Balaban J connectivity index is 2.10. The zero-order valence-corrected chi connectivity index (χ0v) is 11.6. The molecule has 0 radical (unpaired) electrons. The smallest absolute Gasteiger partial charge is 0.234 e. The van der Waals surface area contributed by atoms with Gasteiger partial charge in [-0.1, -0.05) is 30.4 Å². The monoisotopic (exact) mass is 274 g/mol. The Bertz CT molecular complexity index is 704. The van der Waals surface area contributed by atoms with E-state index in [9.17, 15) is 0 Å². The van der Waals surface area contributed by atoms with Crippen LogP contribution in [-0.4, -0.2) is 26.9 Å². The molecule has 3 aromatic rings. The number of para-hydroxylation sites is 1. The molecule has 0 N–H and O–H groups in total. The lowest BCUT2D eigenvalue weighted by Gasteiger charge is -2.03. The summed E-state index contributed by atoms with van der Waals surface area (Å²) in [6.45, 7) is 2.12. The standard InChI is InChI=1S/C13H14N4OS/c1-3-6-11-14-15-13-17(11)16-12(19-13)9-7-4-5-8-10(9)18-2/h4-5,7-8H,3,6H2,1-2H3. The summed E-state index contributed by atoms with van der Waals surface area (Å²) in [6.07, 6.45) is 1.92. The molecule has 19 heavy (non-hydrogen) atoms. The number of methoxy groups -OCH3 is 1. The number of hydrogen-bond donors (Lipinski definition) is 0. The van der Waals surface area contributed by atoms with Gasteiger partial charge < -0.3 is 4.74 Å². The van der Waals surface area contributed by atoms with Gasteiger partial charge in [0, 0.05) is 6.42 Å². The van der Waals surface area contributed by atoms with Gasteiger partial charge in [0.25, 0.3) is 0 Å². The molecule has 0 spiro atoms. The molecule has 0 amide bonds. The van der Waals surface area contributed by atoms with Gasteiger partial charge in [-0.3, -0.25) is 0 Å². The molecule has 0 saturated heterocycles. The van der Waals surface area contributed by atoms with Crippen LogP contribution in [0.2, 0.25) is 0 Å². The summed E-state index contributed by atoms with van der Waals surface area (Å²) >= 11 is 1.52. The highest BCUT2D eigenvalue weighted by molar-refractivity contribution is 7.19. The summed E-state index contributed by atoms with van der Waals surface area (Å²) in [7, 11) is 1.67. The molecule has 6 heteroatoms. The number of nitrogens with zero attached hydrogens (tertiary/aromatic N) is 4. The number of fused-ring (bicyclic) bond motifs is 1. The van der Waals surface area contributed by atoms with Crippen LogP contribution in [0.4, 0.5) is 0 Å². The van der Waals surface area contributed by atoms with Gasteiger partial charge >= 0.3 is 0 Å². The van der Waals surface area contributed by atoms with Crippen LogP contribution in [0.3, 0.4) is 0 Å². The second-order valence-corrected chi connectivity index (χ2v) is 5.12. The Kier molecular flexibility index (Phi) is 3.16. The minimum absolute atomic E-state index is 0.823. The van der Waals surface area contributed by atoms with Crippen molar-refractivity contribution in [2.75, 3.05) is 7.11 Å². The van der Waals surface area contributed by atoms with E-state index >= 15 is 0 Å². The molecule has 98 valence electrons. The minimum Gasteiger partial charge on any atom is -0.496 e. The van der Waals surface area contributed by atoms with Crippen molar-refractivity contribution < 1.29 is 4.74 Å². The molecule has 0 fully saturated rings. The molecule has 0 aliphatic carbocycles. The van der Waals surface area contributed by atoms with Gasteiger partial charge in [0.2, 0.25) is 4.96 Å². The maximum absolute atomic E-state index is 5.37. The van der Waals surface area contributed by atoms with Crippen molar-refractivity contribution in [1.29, 1.82) is 0 Å². The van der Waals surface area contributed by atoms with Crippen LogP contribution in [0.15, 0.2) is 24.3 Å². The molecule has 5 nitrogen and oxygen atoms in total. The second kappa shape index (κ2) is 4.97. The highest BCUT2D eigenvalue weighted by Gasteiger charge is 2.14. The molecule has 1 aromatic carbocycles. The van der Waals surface area contributed by atoms with Crippen molar-refractivity contribution in [2.45, 2.75) is 19.8 Å². The van der Waals surface area contributed by atoms with E-state index in [0.29, 0.717) is 0 Å². The van der Waals surface area contributed by atoms with E-state index in [2.05, 4.69) is 22.2 Å². The fourth-order valence-corrected chi connectivity index (χ4v) is 2.86. The second-order valence-electron chi connectivity index (χ2n) is 4.17. The fourth-order valence-electron chi connectivity index (χ4n) is 1.97. The lowest BCUT2D eigenvalue weighted by molar-refractivity contribution is 0.416. The van der Waals surface area contributed by atoms with Gasteiger partial charge in [-0.05, 0) is 18.6 Å². The van der Waals surface area contributed by atoms with Gasteiger partial charge in [-0.15, -0.1) is 10.2 Å². The zero-order valence-electron chi connectivity index (χ0n) is 10.8. The first-order valence-electron chi connectivity index (χ1n) is 6.18. The van der Waals surface area contributed by atoms with E-state index < -0.39 is 0 Å². The average Bonchev–Trinajstić information content (AvgIpc) is 3.01. The van der Waals surface area contributed by atoms with Crippen molar-refractivity contribution in [2.24, 2.45) is 0 Å². The number of benzene rings is 1. The maximum atomic E-state index is 5.37. The van der Waals surface area contributed by atoms with E-state index in [1.807, 2.05) is 28.8 Å². The Morgan fingerprint density at radius 1 is 1.26 bits per heavy atom. The van der Waals surface area contributed by atoms with Crippen LogP contribution in [0, 0.1) is 0 Å². The van der Waals surface area contributed by atoms with E-state index in [1.54, 1.807) is 7.11 Å². The predicted molar refractivity (Wildman–Crippen MR) is 74.6 cm³/mol. The minimum atomic E-state index is 0.823. The van der Waals surface area contributed by atoms with Crippen LogP contribution in [0.5, 0.6) is 5.75 Å². The SMILES string of the molecule is CCCc1nnc2sc(-c3ccccc3OC)nn12. The molecule has 0 aliphatic heterocycles. The quantitative estimate of drug-likeness (QED) is 0.734. The first kappa shape index (κ1) is 12.1. The van der Waals surface area contributed by atoms with E-state index in [-0.39, 0.29) is 0 Å². The highest BCUT2D eigenvalue weighted by atomic mass is 32.1. The Morgan fingerprint density at radius 3 is 2.89 bits per heavy atom. The first-order chi connectivity index (χ1) is 9.33. The summed E-state index contributed by atoms with van der Waals surface area (Å²) in [5.41, 5.74) is 0.989. The van der Waals surface area contributed by atoms with E-state index in [1.165, 1.54) is 11.3 Å². The van der Waals surface area contributed by atoms with Crippen molar-refractivity contribution in [1.82, 2.24) is 19.8 Å². The summed E-state index contributed by atoms with van der Waals surface area (Å²) in [5, 5.41) is 13.8. The van der Waals surface area contributed by atoms with Crippen LogP contribution < -0.4 is 4.74 Å². The summed E-state index contributed by atoms with van der Waals surface area (Å²) in [6, 6.07) is 7.87. The Labute approximate surface area is 114 Å². The molecule has 2 aromatic heterocycles. The van der Waals surface area contributed by atoms with Crippen LogP contribution in [-0.2, 0) is 6.42 Å². The van der Waals surface area contributed by atoms with Crippen molar-refractivity contribution in [3.05, 3.63) is 30.1 Å². The third-order valence-corrected chi connectivity index (χ3v) is 3.80. The largest absolute Gasteiger partial charge is 0.496 e. The number of aromatic nitrogens is 4. The lowest BCUT2D eigenvalue weighted by atomic mass is 10.2. The number of aryl methyl sites for hydroxylation is 1. The zero-order chi connectivity index (χ0) is 13.2. The van der Waals surface area contributed by atoms with Crippen molar-refractivity contribution >= 4 is 16.3 Å². The maximum Gasteiger partial charge on any atom is 0.234 e. The van der Waals surface area contributed by atoms with E-state index in [4.69, 9.17) is 4.74 Å². The molecule has 0 aliphatic rings. The summed E-state index contributed by atoms with van der Waals surface area (Å²) in [5.74, 6) is 1.74. The summed E-state index contributed by atoms with van der Waals surface area (Å²) < 4.78 is 7.20. The van der Waals surface area contributed by atoms with Crippen LogP contribution >= 0.6 is 11.3 Å². The van der Waals surface area contributed by atoms with E-state index in [0.717, 1.165) is 39.9 Å². The molecule has 0 saturated carbocycles. The van der Waals surface area contributed by atoms with Crippen molar-refractivity contribution in [3.8, 4) is 16.3 Å².